The number of ketones is 1. The largest absolute Gasteiger partial charge is 0.485 e. The molecule has 0 spiro atoms. The number of nitrogens with one attached hydrogen (secondary N) is 1. The van der Waals surface area contributed by atoms with Crippen molar-refractivity contribution < 1.29 is 23.9 Å². The van der Waals surface area contributed by atoms with Crippen LogP contribution in [0.4, 0.5) is 5.69 Å². The van der Waals surface area contributed by atoms with Crippen LogP contribution in [0.2, 0.25) is 5.02 Å². The van der Waals surface area contributed by atoms with Crippen LogP contribution in [0.3, 0.4) is 0 Å². The highest BCUT2D eigenvalue weighted by Crippen LogP contribution is 2.33. The quantitative estimate of drug-likeness (QED) is 0.474. The normalized spacial score (nSPS) is 12.5. The second-order valence-electron chi connectivity index (χ2n) is 7.71. The van der Waals surface area contributed by atoms with Crippen molar-refractivity contribution in [2.75, 3.05) is 31.2 Å². The Balaban J connectivity index is 1.40. The standard InChI is InChI=1S/C26H23ClN2O5/c27-20-7-4-8-21(14-20)33-16-23(30)19-9-10-24-22(13-19)29(26(32)17-34-24)15-25(31)28-12-11-18-5-2-1-3-6-18/h1-10,13-14H,11-12,15-17H2,(H,28,31). The number of nitrogens with zero attached hydrogens (tertiary/aromatic N) is 1. The van der Waals surface area contributed by atoms with Crippen molar-refractivity contribution in [1.82, 2.24) is 5.32 Å². The highest BCUT2D eigenvalue weighted by atomic mass is 35.5. The van der Waals surface area contributed by atoms with E-state index in [9.17, 15) is 14.4 Å². The lowest BCUT2D eigenvalue weighted by atomic mass is 10.1. The molecule has 7 nitrogen and oxygen atoms in total. The third kappa shape index (κ3) is 5.94. The molecular formula is C26H23ClN2O5. The summed E-state index contributed by atoms with van der Waals surface area (Å²) >= 11 is 5.94. The van der Waals surface area contributed by atoms with Crippen LogP contribution in [0.5, 0.6) is 11.5 Å². The summed E-state index contributed by atoms with van der Waals surface area (Å²) in [5, 5.41) is 3.35. The molecular weight excluding hydrogens is 456 g/mol. The van der Waals surface area contributed by atoms with Gasteiger partial charge in [-0.2, -0.15) is 0 Å². The molecule has 4 rings (SSSR count). The fourth-order valence-electron chi connectivity index (χ4n) is 3.53. The molecule has 1 aliphatic rings. The summed E-state index contributed by atoms with van der Waals surface area (Å²) in [7, 11) is 0. The average Bonchev–Trinajstić information content (AvgIpc) is 2.85. The zero-order valence-corrected chi connectivity index (χ0v) is 19.1. The molecule has 1 aliphatic heterocycles. The van der Waals surface area contributed by atoms with Crippen molar-refractivity contribution in [2.45, 2.75) is 6.42 Å². The number of anilines is 1. The third-order valence-corrected chi connectivity index (χ3v) is 5.51. The molecule has 0 bridgehead atoms. The van der Waals surface area contributed by atoms with E-state index < -0.39 is 0 Å². The molecule has 8 heteroatoms. The van der Waals surface area contributed by atoms with Gasteiger partial charge in [0.1, 0.15) is 18.0 Å². The minimum Gasteiger partial charge on any atom is -0.485 e. The summed E-state index contributed by atoms with van der Waals surface area (Å²) < 4.78 is 11.0. The van der Waals surface area contributed by atoms with Gasteiger partial charge in [-0.3, -0.25) is 19.3 Å². The van der Waals surface area contributed by atoms with Gasteiger partial charge in [-0.15, -0.1) is 0 Å². The monoisotopic (exact) mass is 478 g/mol. The molecule has 174 valence electrons. The number of fused-ring (bicyclic) bond motifs is 1. The van der Waals surface area contributed by atoms with Crippen LogP contribution in [-0.4, -0.2) is 43.9 Å². The molecule has 1 N–H and O–H groups in total. The summed E-state index contributed by atoms with van der Waals surface area (Å²) in [6.07, 6.45) is 0.686. The SMILES string of the molecule is O=C(CN1C(=O)COc2ccc(C(=O)COc3cccc(Cl)c3)cc21)NCCc1ccccc1. The number of Topliss-reactive ketones (excluding diaryl/α,β-unsaturated/α-hetero) is 1. The number of carbonyl (C=O) groups excluding carboxylic acids is 3. The number of benzene rings is 3. The lowest BCUT2D eigenvalue weighted by molar-refractivity contribution is -0.125. The molecule has 0 aromatic heterocycles. The van der Waals surface area contributed by atoms with Crippen molar-refractivity contribution in [3.8, 4) is 11.5 Å². The summed E-state index contributed by atoms with van der Waals surface area (Å²) in [5.74, 6) is -0.0215. The third-order valence-electron chi connectivity index (χ3n) is 5.27. The first-order chi connectivity index (χ1) is 16.5. The summed E-state index contributed by atoms with van der Waals surface area (Å²) in [5.41, 5.74) is 1.83. The lowest BCUT2D eigenvalue weighted by Crippen LogP contribution is -2.45. The van der Waals surface area contributed by atoms with E-state index in [1.54, 1.807) is 42.5 Å². The number of halogens is 1. The number of hydrogen-bond donors (Lipinski definition) is 1. The van der Waals surface area contributed by atoms with E-state index in [1.165, 1.54) is 4.90 Å². The van der Waals surface area contributed by atoms with Crippen LogP contribution in [0.15, 0.2) is 72.8 Å². The maximum absolute atomic E-state index is 12.7. The fourth-order valence-corrected chi connectivity index (χ4v) is 3.71. The molecule has 0 saturated heterocycles. The lowest BCUT2D eigenvalue weighted by Gasteiger charge is -2.29. The Hall–Kier alpha value is -3.84. The number of ether oxygens (including phenoxy) is 2. The van der Waals surface area contributed by atoms with Crippen molar-refractivity contribution in [3.63, 3.8) is 0 Å². The van der Waals surface area contributed by atoms with Crippen LogP contribution in [-0.2, 0) is 16.0 Å². The summed E-state index contributed by atoms with van der Waals surface area (Å²) in [6, 6.07) is 21.3. The van der Waals surface area contributed by atoms with E-state index in [0.29, 0.717) is 40.7 Å². The Morgan fingerprint density at radius 1 is 1.03 bits per heavy atom. The van der Waals surface area contributed by atoms with Gasteiger partial charge < -0.3 is 14.8 Å². The van der Waals surface area contributed by atoms with E-state index in [-0.39, 0.29) is 37.4 Å². The Morgan fingerprint density at radius 3 is 2.65 bits per heavy atom. The van der Waals surface area contributed by atoms with Crippen molar-refractivity contribution in [1.29, 1.82) is 0 Å². The van der Waals surface area contributed by atoms with Gasteiger partial charge in [0.05, 0.1) is 5.69 Å². The van der Waals surface area contributed by atoms with Crippen LogP contribution in [0.1, 0.15) is 15.9 Å². The van der Waals surface area contributed by atoms with Crippen LogP contribution in [0, 0.1) is 0 Å². The topological polar surface area (TPSA) is 84.9 Å². The predicted octanol–water partition coefficient (Wildman–Crippen LogP) is 3.69. The zero-order chi connectivity index (χ0) is 23.9. The maximum atomic E-state index is 12.7. The number of rotatable bonds is 9. The average molecular weight is 479 g/mol. The number of carbonyl (C=O) groups is 3. The molecule has 0 atom stereocenters. The Labute approximate surface area is 202 Å². The van der Waals surface area contributed by atoms with E-state index in [4.69, 9.17) is 21.1 Å². The fraction of sp³-hybridized carbons (Fsp3) is 0.192. The van der Waals surface area contributed by atoms with E-state index in [2.05, 4.69) is 5.32 Å². The van der Waals surface area contributed by atoms with Gasteiger partial charge in [0.2, 0.25) is 5.91 Å². The Bertz CT molecular complexity index is 1200. The Morgan fingerprint density at radius 2 is 1.85 bits per heavy atom. The van der Waals surface area contributed by atoms with E-state index in [0.717, 1.165) is 5.56 Å². The summed E-state index contributed by atoms with van der Waals surface area (Å²) in [4.78, 5) is 39.1. The van der Waals surface area contributed by atoms with Gasteiger partial charge in [-0.25, -0.2) is 0 Å². The van der Waals surface area contributed by atoms with Gasteiger partial charge in [-0.1, -0.05) is 48.0 Å². The van der Waals surface area contributed by atoms with E-state index >= 15 is 0 Å². The minimum atomic E-state index is -0.356. The van der Waals surface area contributed by atoms with Gasteiger partial charge in [0, 0.05) is 17.1 Å². The zero-order valence-electron chi connectivity index (χ0n) is 18.3. The first kappa shape index (κ1) is 23.3. The molecule has 0 radical (unpaired) electrons. The highest BCUT2D eigenvalue weighted by molar-refractivity contribution is 6.30. The van der Waals surface area contributed by atoms with Crippen LogP contribution >= 0.6 is 11.6 Å². The van der Waals surface area contributed by atoms with E-state index in [1.807, 2.05) is 30.3 Å². The van der Waals surface area contributed by atoms with Gasteiger partial charge in [-0.05, 0) is 48.4 Å². The number of hydrogen-bond acceptors (Lipinski definition) is 5. The highest BCUT2D eigenvalue weighted by Gasteiger charge is 2.28. The van der Waals surface area contributed by atoms with Crippen LogP contribution < -0.4 is 19.7 Å². The van der Waals surface area contributed by atoms with Gasteiger partial charge in [0.25, 0.3) is 5.91 Å². The molecule has 1 heterocycles. The first-order valence-corrected chi connectivity index (χ1v) is 11.2. The second-order valence-corrected chi connectivity index (χ2v) is 8.14. The molecule has 0 aliphatic carbocycles. The Kier molecular flexibility index (Phi) is 7.44. The van der Waals surface area contributed by atoms with Gasteiger partial charge >= 0.3 is 0 Å². The molecule has 2 amide bonds. The second kappa shape index (κ2) is 10.9. The molecule has 0 unspecified atom stereocenters. The maximum Gasteiger partial charge on any atom is 0.265 e. The molecule has 34 heavy (non-hydrogen) atoms. The van der Waals surface area contributed by atoms with Crippen molar-refractivity contribution in [3.05, 3.63) is 88.9 Å². The number of amides is 2. The summed E-state index contributed by atoms with van der Waals surface area (Å²) in [6.45, 7) is -0.0857. The smallest absolute Gasteiger partial charge is 0.265 e. The van der Waals surface area contributed by atoms with Gasteiger partial charge in [0.15, 0.2) is 19.0 Å². The molecule has 3 aromatic carbocycles. The first-order valence-electron chi connectivity index (χ1n) is 10.8. The molecule has 0 fully saturated rings. The predicted molar refractivity (Wildman–Crippen MR) is 129 cm³/mol. The molecule has 3 aromatic rings. The van der Waals surface area contributed by atoms with Crippen LogP contribution in [0.25, 0.3) is 0 Å². The van der Waals surface area contributed by atoms with Crippen molar-refractivity contribution >= 4 is 34.9 Å². The van der Waals surface area contributed by atoms with Crippen molar-refractivity contribution in [2.24, 2.45) is 0 Å². The molecule has 0 saturated carbocycles. The minimum absolute atomic E-state index is 0.166.